The van der Waals surface area contributed by atoms with Gasteiger partial charge < -0.3 is 0 Å². The molecule has 0 saturated heterocycles. The van der Waals surface area contributed by atoms with E-state index in [9.17, 15) is 0 Å². The van der Waals surface area contributed by atoms with Crippen molar-refractivity contribution in [2.75, 3.05) is 0 Å². The van der Waals surface area contributed by atoms with Gasteiger partial charge in [-0.1, -0.05) is 80.1 Å². The summed E-state index contributed by atoms with van der Waals surface area (Å²) in [5.74, 6) is 0. The SMILES string of the molecule is CCCc1ccc2c(ccc3c4cc5ccccc5cc4ccc23)c1. The molecule has 0 N–H and O–H groups in total. The van der Waals surface area contributed by atoms with Crippen molar-refractivity contribution < 1.29 is 0 Å². The van der Waals surface area contributed by atoms with Crippen LogP contribution >= 0.6 is 0 Å². The fourth-order valence-corrected chi connectivity index (χ4v) is 4.06. The first-order chi connectivity index (χ1) is 12.3. The van der Waals surface area contributed by atoms with Crippen LogP contribution in [0.1, 0.15) is 18.9 Å². The van der Waals surface area contributed by atoms with E-state index >= 15 is 0 Å². The Bertz CT molecular complexity index is 1240. The van der Waals surface area contributed by atoms with Crippen LogP contribution in [0.15, 0.2) is 78.9 Å². The lowest BCUT2D eigenvalue weighted by Gasteiger charge is -2.10. The molecule has 0 bridgehead atoms. The fraction of sp³-hybridized carbons (Fsp3) is 0.120. The van der Waals surface area contributed by atoms with Crippen LogP contribution in [0.5, 0.6) is 0 Å². The Balaban J connectivity index is 1.86. The van der Waals surface area contributed by atoms with E-state index in [1.54, 1.807) is 0 Å². The van der Waals surface area contributed by atoms with E-state index in [0.717, 1.165) is 6.42 Å². The average molecular weight is 320 g/mol. The predicted octanol–water partition coefficient (Wildman–Crippen LogP) is 7.25. The highest BCUT2D eigenvalue weighted by Gasteiger charge is 2.06. The van der Waals surface area contributed by atoms with Crippen LogP contribution in [-0.4, -0.2) is 0 Å². The molecule has 0 saturated carbocycles. The van der Waals surface area contributed by atoms with Gasteiger partial charge in [0, 0.05) is 0 Å². The summed E-state index contributed by atoms with van der Waals surface area (Å²) in [6.45, 7) is 2.24. The second kappa shape index (κ2) is 5.60. The normalized spacial score (nSPS) is 11.7. The first kappa shape index (κ1) is 14.5. The maximum atomic E-state index is 2.35. The van der Waals surface area contributed by atoms with Crippen molar-refractivity contribution in [3.05, 3.63) is 84.4 Å². The van der Waals surface area contributed by atoms with Crippen LogP contribution in [0, 0.1) is 0 Å². The van der Waals surface area contributed by atoms with Gasteiger partial charge in [0.1, 0.15) is 0 Å². The van der Waals surface area contributed by atoms with E-state index in [4.69, 9.17) is 0 Å². The molecule has 0 aromatic heterocycles. The Labute approximate surface area is 147 Å². The summed E-state index contributed by atoms with van der Waals surface area (Å²) in [5, 5.41) is 10.7. The van der Waals surface area contributed by atoms with Crippen molar-refractivity contribution in [1.29, 1.82) is 0 Å². The van der Waals surface area contributed by atoms with Gasteiger partial charge in [-0.2, -0.15) is 0 Å². The van der Waals surface area contributed by atoms with Crippen molar-refractivity contribution >= 4 is 43.1 Å². The van der Waals surface area contributed by atoms with E-state index < -0.39 is 0 Å². The topological polar surface area (TPSA) is 0 Å². The van der Waals surface area contributed by atoms with Crippen LogP contribution in [-0.2, 0) is 6.42 Å². The molecule has 0 radical (unpaired) electrons. The lowest BCUT2D eigenvalue weighted by atomic mass is 9.94. The summed E-state index contributed by atoms with van der Waals surface area (Å²) < 4.78 is 0. The van der Waals surface area contributed by atoms with Crippen molar-refractivity contribution in [2.24, 2.45) is 0 Å². The number of fused-ring (bicyclic) bond motifs is 6. The molecular formula is C25H20. The second-order valence-electron chi connectivity index (χ2n) is 6.95. The Hall–Kier alpha value is -2.86. The molecule has 0 nitrogen and oxygen atoms in total. The van der Waals surface area contributed by atoms with Crippen molar-refractivity contribution in [3.8, 4) is 0 Å². The Kier molecular flexibility index (Phi) is 3.24. The Morgan fingerprint density at radius 3 is 1.92 bits per heavy atom. The lowest BCUT2D eigenvalue weighted by Crippen LogP contribution is -1.85. The highest BCUT2D eigenvalue weighted by molar-refractivity contribution is 6.19. The second-order valence-corrected chi connectivity index (χ2v) is 6.95. The Morgan fingerprint density at radius 2 is 1.16 bits per heavy atom. The zero-order valence-corrected chi connectivity index (χ0v) is 14.4. The van der Waals surface area contributed by atoms with Gasteiger partial charge in [-0.15, -0.1) is 0 Å². The van der Waals surface area contributed by atoms with Crippen molar-refractivity contribution in [1.82, 2.24) is 0 Å². The van der Waals surface area contributed by atoms with Gasteiger partial charge in [0.15, 0.2) is 0 Å². The van der Waals surface area contributed by atoms with Gasteiger partial charge in [-0.3, -0.25) is 0 Å². The monoisotopic (exact) mass is 320 g/mol. The van der Waals surface area contributed by atoms with Gasteiger partial charge in [0.2, 0.25) is 0 Å². The van der Waals surface area contributed by atoms with Crippen LogP contribution in [0.4, 0.5) is 0 Å². The van der Waals surface area contributed by atoms with Gasteiger partial charge in [0.25, 0.3) is 0 Å². The van der Waals surface area contributed by atoms with Crippen LogP contribution in [0.25, 0.3) is 43.1 Å². The summed E-state index contributed by atoms with van der Waals surface area (Å²) in [6, 6.07) is 29.3. The molecule has 0 amide bonds. The molecule has 0 unspecified atom stereocenters. The van der Waals surface area contributed by atoms with E-state index in [-0.39, 0.29) is 0 Å². The smallest absolute Gasteiger partial charge is 0.00987 e. The van der Waals surface area contributed by atoms with Crippen molar-refractivity contribution in [3.63, 3.8) is 0 Å². The molecule has 0 aliphatic rings. The summed E-state index contributed by atoms with van der Waals surface area (Å²) in [7, 11) is 0. The number of aryl methyl sites for hydroxylation is 1. The minimum atomic E-state index is 1.15. The van der Waals surface area contributed by atoms with Gasteiger partial charge in [-0.05, 0) is 67.2 Å². The first-order valence-electron chi connectivity index (χ1n) is 9.10. The van der Waals surface area contributed by atoms with Gasteiger partial charge >= 0.3 is 0 Å². The molecule has 0 heterocycles. The average Bonchev–Trinajstić information content (AvgIpc) is 2.66. The summed E-state index contributed by atoms with van der Waals surface area (Å²) in [4.78, 5) is 0. The quantitative estimate of drug-likeness (QED) is 0.237. The molecule has 0 spiro atoms. The number of benzene rings is 5. The molecule has 0 heteroatoms. The highest BCUT2D eigenvalue weighted by atomic mass is 14.1. The third kappa shape index (κ3) is 2.29. The number of hydrogen-bond acceptors (Lipinski definition) is 0. The zero-order chi connectivity index (χ0) is 16.8. The van der Waals surface area contributed by atoms with Crippen LogP contribution in [0.2, 0.25) is 0 Å². The first-order valence-corrected chi connectivity index (χ1v) is 9.10. The van der Waals surface area contributed by atoms with Gasteiger partial charge in [0.05, 0.1) is 0 Å². The third-order valence-electron chi connectivity index (χ3n) is 5.30. The molecule has 0 fully saturated rings. The van der Waals surface area contributed by atoms with Crippen LogP contribution in [0.3, 0.4) is 0 Å². The zero-order valence-electron chi connectivity index (χ0n) is 14.4. The summed E-state index contributed by atoms with van der Waals surface area (Å²) >= 11 is 0. The highest BCUT2D eigenvalue weighted by Crippen LogP contribution is 2.33. The number of hydrogen-bond donors (Lipinski definition) is 0. The summed E-state index contributed by atoms with van der Waals surface area (Å²) in [5.41, 5.74) is 1.43. The minimum Gasteiger partial charge on any atom is -0.0651 e. The van der Waals surface area contributed by atoms with E-state index in [1.165, 1.54) is 55.1 Å². The molecule has 5 aromatic rings. The van der Waals surface area contributed by atoms with E-state index in [1.807, 2.05) is 0 Å². The minimum absolute atomic E-state index is 1.15. The third-order valence-corrected chi connectivity index (χ3v) is 5.30. The lowest BCUT2D eigenvalue weighted by molar-refractivity contribution is 0.924. The van der Waals surface area contributed by atoms with Gasteiger partial charge in [-0.25, -0.2) is 0 Å². The molecule has 5 aromatic carbocycles. The van der Waals surface area contributed by atoms with Crippen LogP contribution < -0.4 is 0 Å². The largest absolute Gasteiger partial charge is 0.0651 e. The standard InChI is InChI=1S/C25H20/c1-2-5-17-8-11-22-20(14-17)9-13-24-23(22)12-10-21-15-18-6-3-4-7-19(18)16-25(21)24/h3-4,6-16H,2,5H2,1H3. The maximum absolute atomic E-state index is 2.35. The van der Waals surface area contributed by atoms with Crippen molar-refractivity contribution in [2.45, 2.75) is 19.8 Å². The molecular weight excluding hydrogens is 300 g/mol. The number of rotatable bonds is 2. The fourth-order valence-electron chi connectivity index (χ4n) is 4.06. The molecule has 120 valence electrons. The maximum Gasteiger partial charge on any atom is -0.00987 e. The molecule has 0 aliphatic heterocycles. The molecule has 25 heavy (non-hydrogen) atoms. The summed E-state index contributed by atoms with van der Waals surface area (Å²) in [6.07, 6.45) is 2.34. The predicted molar refractivity (Wildman–Crippen MR) is 110 cm³/mol. The molecule has 5 rings (SSSR count). The Morgan fingerprint density at radius 1 is 0.520 bits per heavy atom. The van der Waals surface area contributed by atoms with E-state index in [0.29, 0.717) is 0 Å². The van der Waals surface area contributed by atoms with E-state index in [2.05, 4.69) is 85.8 Å². The molecule has 0 atom stereocenters. The molecule has 0 aliphatic carbocycles.